The number of halogens is 1. The number of hydrogen-bond acceptors (Lipinski definition) is 5. The van der Waals surface area contributed by atoms with E-state index in [0.29, 0.717) is 28.3 Å². The molecule has 1 N–H and O–H groups in total. The van der Waals surface area contributed by atoms with Gasteiger partial charge in [-0.3, -0.25) is 4.79 Å². The number of aromatic amines is 1. The second-order valence-corrected chi connectivity index (χ2v) is 6.99. The lowest BCUT2D eigenvalue weighted by Gasteiger charge is -2.19. The Morgan fingerprint density at radius 1 is 1.35 bits per heavy atom. The molecule has 1 aliphatic carbocycles. The van der Waals surface area contributed by atoms with Gasteiger partial charge < -0.3 is 14.5 Å². The molecule has 0 radical (unpaired) electrons. The van der Waals surface area contributed by atoms with E-state index in [1.165, 1.54) is 11.8 Å². The third-order valence-corrected chi connectivity index (χ3v) is 5.24. The Kier molecular flexibility index (Phi) is 4.05. The summed E-state index contributed by atoms with van der Waals surface area (Å²) in [5.74, 6) is 1.38. The van der Waals surface area contributed by atoms with E-state index >= 15 is 0 Å². The second kappa shape index (κ2) is 6.19. The van der Waals surface area contributed by atoms with Crippen molar-refractivity contribution in [3.63, 3.8) is 0 Å². The second-order valence-electron chi connectivity index (χ2n) is 5.62. The van der Waals surface area contributed by atoms with Crippen molar-refractivity contribution in [3.05, 3.63) is 49.9 Å². The van der Waals surface area contributed by atoms with Gasteiger partial charge in [0.25, 0.3) is 5.56 Å². The molecule has 0 amide bonds. The van der Waals surface area contributed by atoms with Crippen molar-refractivity contribution in [2.45, 2.75) is 36.8 Å². The quantitative estimate of drug-likeness (QED) is 0.680. The average Bonchev–Trinajstić information content (AvgIpc) is 3.02. The third kappa shape index (κ3) is 2.98. The molecule has 0 atom stereocenters. The Bertz CT molecular complexity index is 822. The normalized spacial score (nSPS) is 15.9. The molecule has 2 heterocycles. The number of fused-ring (bicyclic) bond motifs is 2. The van der Waals surface area contributed by atoms with Gasteiger partial charge in [-0.1, -0.05) is 23.4 Å². The molecule has 2 aromatic rings. The molecule has 0 fully saturated rings. The van der Waals surface area contributed by atoms with Gasteiger partial charge in [-0.25, -0.2) is 4.98 Å². The average molecular weight is 351 g/mol. The van der Waals surface area contributed by atoms with Gasteiger partial charge in [-0.05, 0) is 37.0 Å². The topological polar surface area (TPSA) is 64.2 Å². The predicted molar refractivity (Wildman–Crippen MR) is 88.2 cm³/mol. The minimum absolute atomic E-state index is 0.000253. The number of rotatable bonds is 3. The molecule has 1 aromatic heterocycles. The SMILES string of the molecule is O=c1[nH]c(SCc2cc(Cl)c3c(c2)COCO3)nc2c1CCC2. The summed E-state index contributed by atoms with van der Waals surface area (Å²) in [5, 5.41) is 1.26. The first-order valence-corrected chi connectivity index (χ1v) is 8.84. The summed E-state index contributed by atoms with van der Waals surface area (Å²) in [7, 11) is 0. The van der Waals surface area contributed by atoms with Crippen LogP contribution in [-0.2, 0) is 29.9 Å². The van der Waals surface area contributed by atoms with Crippen LogP contribution in [0, 0.1) is 0 Å². The first-order chi connectivity index (χ1) is 11.2. The molecule has 4 rings (SSSR count). The van der Waals surface area contributed by atoms with E-state index in [2.05, 4.69) is 9.97 Å². The van der Waals surface area contributed by atoms with E-state index in [4.69, 9.17) is 21.1 Å². The Morgan fingerprint density at radius 3 is 3.17 bits per heavy atom. The number of nitrogens with one attached hydrogen (secondary N) is 1. The predicted octanol–water partition coefficient (Wildman–Crippen LogP) is 3.07. The fourth-order valence-corrected chi connectivity index (χ4v) is 4.08. The third-order valence-electron chi connectivity index (χ3n) is 4.02. The van der Waals surface area contributed by atoms with Crippen molar-refractivity contribution in [2.24, 2.45) is 0 Å². The number of aromatic nitrogens is 2. The Morgan fingerprint density at radius 2 is 2.26 bits per heavy atom. The van der Waals surface area contributed by atoms with Crippen molar-refractivity contribution in [2.75, 3.05) is 6.79 Å². The van der Waals surface area contributed by atoms with Crippen molar-refractivity contribution in [3.8, 4) is 5.75 Å². The van der Waals surface area contributed by atoms with E-state index in [1.807, 2.05) is 12.1 Å². The molecule has 5 nitrogen and oxygen atoms in total. The van der Waals surface area contributed by atoms with Gasteiger partial charge >= 0.3 is 0 Å². The molecule has 1 aliphatic heterocycles. The van der Waals surface area contributed by atoms with Gasteiger partial charge in [-0.15, -0.1) is 0 Å². The number of ether oxygens (including phenoxy) is 2. The maximum Gasteiger partial charge on any atom is 0.254 e. The van der Waals surface area contributed by atoms with Crippen LogP contribution in [0.5, 0.6) is 5.75 Å². The first kappa shape index (κ1) is 15.1. The highest BCUT2D eigenvalue weighted by atomic mass is 35.5. The van der Waals surface area contributed by atoms with E-state index in [0.717, 1.165) is 41.6 Å². The fourth-order valence-electron chi connectivity index (χ4n) is 2.96. The Hall–Kier alpha value is -1.50. The molecule has 1 aromatic carbocycles. The Balaban J connectivity index is 1.54. The number of thioether (sulfide) groups is 1. The molecular weight excluding hydrogens is 336 g/mol. The lowest BCUT2D eigenvalue weighted by molar-refractivity contribution is -0.0163. The molecule has 0 unspecified atom stereocenters. The minimum Gasteiger partial charge on any atom is -0.466 e. The molecular formula is C16H15ClN2O3S. The van der Waals surface area contributed by atoms with Gasteiger partial charge in [0.05, 0.1) is 17.3 Å². The maximum atomic E-state index is 12.0. The van der Waals surface area contributed by atoms with Crippen molar-refractivity contribution >= 4 is 23.4 Å². The van der Waals surface area contributed by atoms with Crippen LogP contribution in [0.3, 0.4) is 0 Å². The van der Waals surface area contributed by atoms with Gasteiger partial charge in [0.2, 0.25) is 0 Å². The van der Waals surface area contributed by atoms with Gasteiger partial charge in [0.1, 0.15) is 5.75 Å². The minimum atomic E-state index is 0.000253. The highest BCUT2D eigenvalue weighted by Gasteiger charge is 2.18. The van der Waals surface area contributed by atoms with Crippen LogP contribution in [0.15, 0.2) is 22.1 Å². The molecule has 2 aliphatic rings. The van der Waals surface area contributed by atoms with Gasteiger partial charge in [0, 0.05) is 16.9 Å². The van der Waals surface area contributed by atoms with Crippen LogP contribution in [0.25, 0.3) is 0 Å². The molecule has 0 spiro atoms. The monoisotopic (exact) mass is 350 g/mol. The van der Waals surface area contributed by atoms with E-state index in [-0.39, 0.29) is 12.4 Å². The summed E-state index contributed by atoms with van der Waals surface area (Å²) >= 11 is 7.77. The number of benzene rings is 1. The van der Waals surface area contributed by atoms with E-state index < -0.39 is 0 Å². The van der Waals surface area contributed by atoms with Crippen molar-refractivity contribution in [1.82, 2.24) is 9.97 Å². The van der Waals surface area contributed by atoms with Crippen LogP contribution >= 0.6 is 23.4 Å². The maximum absolute atomic E-state index is 12.0. The number of aryl methyl sites for hydroxylation is 1. The van der Waals surface area contributed by atoms with Gasteiger partial charge in [0.15, 0.2) is 11.9 Å². The van der Waals surface area contributed by atoms with E-state index in [1.54, 1.807) is 0 Å². The fraction of sp³-hybridized carbons (Fsp3) is 0.375. The summed E-state index contributed by atoms with van der Waals surface area (Å²) in [6.45, 7) is 0.739. The zero-order chi connectivity index (χ0) is 15.8. The zero-order valence-corrected chi connectivity index (χ0v) is 13.9. The van der Waals surface area contributed by atoms with Crippen LogP contribution in [0.1, 0.15) is 28.8 Å². The van der Waals surface area contributed by atoms with Crippen molar-refractivity contribution in [1.29, 1.82) is 0 Å². The summed E-state index contributed by atoms with van der Waals surface area (Å²) in [4.78, 5) is 19.5. The largest absolute Gasteiger partial charge is 0.466 e. The lowest BCUT2D eigenvalue weighted by atomic mass is 10.1. The molecule has 0 saturated carbocycles. The molecule has 7 heteroatoms. The Labute approximate surface area is 142 Å². The van der Waals surface area contributed by atoms with Crippen LogP contribution in [0.2, 0.25) is 5.02 Å². The van der Waals surface area contributed by atoms with Gasteiger partial charge in [-0.2, -0.15) is 0 Å². The number of nitrogens with zero attached hydrogens (tertiary/aromatic N) is 1. The summed E-state index contributed by atoms with van der Waals surface area (Å²) in [6.07, 6.45) is 2.75. The summed E-state index contributed by atoms with van der Waals surface area (Å²) in [6, 6.07) is 3.92. The molecule has 120 valence electrons. The standard InChI is InChI=1S/C16H15ClN2O3S/c17-12-5-9(4-10-6-21-8-22-14(10)12)7-23-16-18-13-3-1-2-11(13)15(20)19-16/h4-5H,1-3,6-8H2,(H,18,19,20). The first-order valence-electron chi connectivity index (χ1n) is 7.47. The highest BCUT2D eigenvalue weighted by molar-refractivity contribution is 7.98. The molecule has 0 saturated heterocycles. The highest BCUT2D eigenvalue weighted by Crippen LogP contribution is 2.34. The zero-order valence-electron chi connectivity index (χ0n) is 12.4. The van der Waals surface area contributed by atoms with E-state index in [9.17, 15) is 4.79 Å². The molecule has 0 bridgehead atoms. The van der Waals surface area contributed by atoms with Crippen LogP contribution in [-0.4, -0.2) is 16.8 Å². The smallest absolute Gasteiger partial charge is 0.254 e. The van der Waals surface area contributed by atoms with Crippen molar-refractivity contribution < 1.29 is 9.47 Å². The molecule has 23 heavy (non-hydrogen) atoms. The number of hydrogen-bond donors (Lipinski definition) is 1. The lowest BCUT2D eigenvalue weighted by Crippen LogP contribution is -2.15. The summed E-state index contributed by atoms with van der Waals surface area (Å²) in [5.41, 5.74) is 3.80. The van der Waals surface area contributed by atoms with Crippen LogP contribution in [0.4, 0.5) is 0 Å². The summed E-state index contributed by atoms with van der Waals surface area (Å²) < 4.78 is 10.7. The van der Waals surface area contributed by atoms with Crippen LogP contribution < -0.4 is 10.3 Å². The number of H-pyrrole nitrogens is 1.